The number of aliphatic hydroxyl groups is 1. The highest BCUT2D eigenvalue weighted by Gasteiger charge is 2.23. The maximum absolute atomic E-state index is 12.6. The molecular weight excluding hydrogens is 452 g/mol. The van der Waals surface area contributed by atoms with Crippen LogP contribution in [0.1, 0.15) is 68.8 Å². The van der Waals surface area contributed by atoms with E-state index in [2.05, 4.69) is 32.0 Å². The molecule has 0 unspecified atom stereocenters. The van der Waals surface area contributed by atoms with Crippen molar-refractivity contribution in [1.82, 2.24) is 9.88 Å². The monoisotopic (exact) mass is 490 g/mol. The van der Waals surface area contributed by atoms with E-state index in [1.54, 1.807) is 13.8 Å². The average molecular weight is 491 g/mol. The number of para-hydroxylation sites is 1. The molecule has 1 aliphatic heterocycles. The maximum Gasteiger partial charge on any atom is 0.222 e. The number of carbonyl (C=O) groups is 1. The van der Waals surface area contributed by atoms with Crippen LogP contribution >= 0.6 is 0 Å². The van der Waals surface area contributed by atoms with Gasteiger partial charge in [0.05, 0.1) is 23.4 Å². The fourth-order valence-electron chi connectivity index (χ4n) is 4.53. The first kappa shape index (κ1) is 26.0. The highest BCUT2D eigenvalue weighted by atomic mass is 16.5. The molecule has 6 nitrogen and oxygen atoms in total. The van der Waals surface area contributed by atoms with Crippen molar-refractivity contribution < 1.29 is 19.4 Å². The highest BCUT2D eigenvalue weighted by molar-refractivity contribution is 5.86. The number of aromatic nitrogens is 1. The van der Waals surface area contributed by atoms with Crippen molar-refractivity contribution in [2.45, 2.75) is 78.6 Å². The molecule has 0 radical (unpaired) electrons. The molecule has 0 spiro atoms. The Hall–Kier alpha value is -3.12. The number of amides is 1. The van der Waals surface area contributed by atoms with E-state index in [-0.39, 0.29) is 5.91 Å². The zero-order valence-electron chi connectivity index (χ0n) is 22.0. The van der Waals surface area contributed by atoms with Gasteiger partial charge in [0.2, 0.25) is 5.91 Å². The van der Waals surface area contributed by atoms with E-state index < -0.39 is 5.60 Å². The lowest BCUT2D eigenvalue weighted by molar-refractivity contribution is -0.133. The molecule has 0 saturated heterocycles. The summed E-state index contributed by atoms with van der Waals surface area (Å²) in [6, 6.07) is 14.2. The standard InChI is InChI=1S/C30H38N2O4/c1-5-6-17-35-29-21(2)27(31-26-10-8-7-9-25(26)29)20-36-24-12-11-23-19-32(16-14-22(23)18-24)28(33)13-15-30(3,4)34/h7-12,18,34H,5-6,13-17,19-20H2,1-4H3. The predicted octanol–water partition coefficient (Wildman–Crippen LogP) is 5.74. The largest absolute Gasteiger partial charge is 0.493 e. The van der Waals surface area contributed by atoms with Crippen LogP contribution in [0.2, 0.25) is 0 Å². The molecule has 36 heavy (non-hydrogen) atoms. The molecule has 192 valence electrons. The second kappa shape index (κ2) is 11.3. The van der Waals surface area contributed by atoms with Gasteiger partial charge >= 0.3 is 0 Å². The number of pyridine rings is 1. The fraction of sp³-hybridized carbons (Fsp3) is 0.467. The molecule has 0 atom stereocenters. The Morgan fingerprint density at radius 1 is 1.14 bits per heavy atom. The predicted molar refractivity (Wildman–Crippen MR) is 142 cm³/mol. The van der Waals surface area contributed by atoms with Crippen molar-refractivity contribution in [2.24, 2.45) is 0 Å². The van der Waals surface area contributed by atoms with Gasteiger partial charge in [0.15, 0.2) is 0 Å². The normalized spacial score (nSPS) is 13.5. The Balaban J connectivity index is 1.44. The van der Waals surface area contributed by atoms with E-state index in [9.17, 15) is 9.90 Å². The summed E-state index contributed by atoms with van der Waals surface area (Å²) in [6.07, 6.45) is 3.73. The molecule has 1 amide bonds. The fourth-order valence-corrected chi connectivity index (χ4v) is 4.53. The van der Waals surface area contributed by atoms with Crippen molar-refractivity contribution in [3.63, 3.8) is 0 Å². The Labute approximate surface area is 214 Å². The molecule has 1 aliphatic rings. The number of benzene rings is 2. The van der Waals surface area contributed by atoms with Gasteiger partial charge in [-0.15, -0.1) is 0 Å². The minimum absolute atomic E-state index is 0.0953. The maximum atomic E-state index is 12.6. The number of carbonyl (C=O) groups excluding carboxylic acids is 1. The molecule has 1 aromatic heterocycles. The van der Waals surface area contributed by atoms with Crippen LogP contribution in [0, 0.1) is 6.92 Å². The van der Waals surface area contributed by atoms with Gasteiger partial charge in [-0.25, -0.2) is 4.98 Å². The van der Waals surface area contributed by atoms with Crippen molar-refractivity contribution in [3.8, 4) is 11.5 Å². The van der Waals surface area contributed by atoms with Crippen molar-refractivity contribution in [1.29, 1.82) is 0 Å². The molecule has 2 heterocycles. The summed E-state index contributed by atoms with van der Waals surface area (Å²) in [7, 11) is 0. The third kappa shape index (κ3) is 6.35. The van der Waals surface area contributed by atoms with Crippen LogP contribution in [0.15, 0.2) is 42.5 Å². The summed E-state index contributed by atoms with van der Waals surface area (Å²) in [4.78, 5) is 19.3. The van der Waals surface area contributed by atoms with E-state index in [0.29, 0.717) is 39.1 Å². The van der Waals surface area contributed by atoms with Crippen LogP contribution in [0.25, 0.3) is 10.9 Å². The Kier molecular flexibility index (Phi) is 8.14. The second-order valence-electron chi connectivity index (χ2n) is 10.3. The molecule has 0 fully saturated rings. The van der Waals surface area contributed by atoms with Gasteiger partial charge < -0.3 is 19.5 Å². The number of nitrogens with zero attached hydrogens (tertiary/aromatic N) is 2. The topological polar surface area (TPSA) is 71.9 Å². The number of fused-ring (bicyclic) bond motifs is 2. The lowest BCUT2D eigenvalue weighted by atomic mass is 9.98. The van der Waals surface area contributed by atoms with Gasteiger partial charge in [-0.05, 0) is 75.4 Å². The quantitative estimate of drug-likeness (QED) is 0.367. The Bertz CT molecular complexity index is 1220. The minimum Gasteiger partial charge on any atom is -0.493 e. The highest BCUT2D eigenvalue weighted by Crippen LogP contribution is 2.32. The molecule has 0 bridgehead atoms. The van der Waals surface area contributed by atoms with Crippen LogP contribution in [0.5, 0.6) is 11.5 Å². The summed E-state index contributed by atoms with van der Waals surface area (Å²) in [5.41, 5.74) is 4.34. The van der Waals surface area contributed by atoms with Gasteiger partial charge in [-0.3, -0.25) is 4.79 Å². The summed E-state index contributed by atoms with van der Waals surface area (Å²) < 4.78 is 12.4. The van der Waals surface area contributed by atoms with Crippen LogP contribution in [-0.4, -0.2) is 39.7 Å². The Morgan fingerprint density at radius 2 is 1.94 bits per heavy atom. The van der Waals surface area contributed by atoms with E-state index in [4.69, 9.17) is 14.5 Å². The average Bonchev–Trinajstić information content (AvgIpc) is 2.86. The zero-order chi connectivity index (χ0) is 25.7. The number of rotatable bonds is 10. The molecular formula is C30H38N2O4. The number of ether oxygens (including phenoxy) is 2. The van der Waals surface area contributed by atoms with Gasteiger partial charge in [0.25, 0.3) is 0 Å². The van der Waals surface area contributed by atoms with Crippen LogP contribution in [0.3, 0.4) is 0 Å². The van der Waals surface area contributed by atoms with Crippen LogP contribution in [-0.2, 0) is 24.4 Å². The SMILES string of the molecule is CCCCOc1c(C)c(COc2ccc3c(c2)CCN(C(=O)CCC(C)(C)O)C3)nc2ccccc12. The molecule has 0 aliphatic carbocycles. The lowest BCUT2D eigenvalue weighted by Crippen LogP contribution is -2.36. The van der Waals surface area contributed by atoms with E-state index in [1.807, 2.05) is 29.2 Å². The van der Waals surface area contributed by atoms with Gasteiger partial charge in [0, 0.05) is 30.5 Å². The summed E-state index contributed by atoms with van der Waals surface area (Å²) in [6.45, 7) is 10.0. The first-order valence-electron chi connectivity index (χ1n) is 13.0. The third-order valence-corrected chi connectivity index (χ3v) is 6.79. The lowest BCUT2D eigenvalue weighted by Gasteiger charge is -2.30. The number of unbranched alkanes of at least 4 members (excludes halogenated alkanes) is 1. The van der Waals surface area contributed by atoms with Crippen LogP contribution in [0.4, 0.5) is 0 Å². The van der Waals surface area contributed by atoms with Crippen LogP contribution < -0.4 is 9.47 Å². The number of hydrogen-bond donors (Lipinski definition) is 1. The van der Waals surface area contributed by atoms with Gasteiger partial charge in [-0.2, -0.15) is 0 Å². The van der Waals surface area contributed by atoms with E-state index >= 15 is 0 Å². The molecule has 1 N–H and O–H groups in total. The van der Waals surface area contributed by atoms with Crippen molar-refractivity contribution in [3.05, 3.63) is 64.8 Å². The summed E-state index contributed by atoms with van der Waals surface area (Å²) >= 11 is 0. The smallest absolute Gasteiger partial charge is 0.222 e. The zero-order valence-corrected chi connectivity index (χ0v) is 22.0. The van der Waals surface area contributed by atoms with E-state index in [1.165, 1.54) is 5.56 Å². The first-order chi connectivity index (χ1) is 17.2. The summed E-state index contributed by atoms with van der Waals surface area (Å²) in [5.74, 6) is 1.80. The number of hydrogen-bond acceptors (Lipinski definition) is 5. The third-order valence-electron chi connectivity index (χ3n) is 6.79. The Morgan fingerprint density at radius 3 is 2.72 bits per heavy atom. The summed E-state index contributed by atoms with van der Waals surface area (Å²) in [5, 5.41) is 11.0. The molecule has 2 aromatic carbocycles. The molecule has 3 aromatic rings. The second-order valence-corrected chi connectivity index (χ2v) is 10.3. The minimum atomic E-state index is -0.823. The molecule has 4 rings (SSSR count). The van der Waals surface area contributed by atoms with Gasteiger partial charge in [-0.1, -0.05) is 31.5 Å². The molecule has 0 saturated carbocycles. The first-order valence-corrected chi connectivity index (χ1v) is 13.0. The van der Waals surface area contributed by atoms with Crippen molar-refractivity contribution in [2.75, 3.05) is 13.2 Å². The van der Waals surface area contributed by atoms with E-state index in [0.717, 1.165) is 58.5 Å². The van der Waals surface area contributed by atoms with Crippen molar-refractivity contribution >= 4 is 16.8 Å². The molecule has 6 heteroatoms. The van der Waals surface area contributed by atoms with Gasteiger partial charge in [0.1, 0.15) is 18.1 Å².